The van der Waals surface area contributed by atoms with Crippen molar-refractivity contribution >= 4 is 29.0 Å². The molecule has 158 valence electrons. The zero-order valence-corrected chi connectivity index (χ0v) is 17.1. The maximum Gasteiger partial charge on any atom is 0.254 e. The van der Waals surface area contributed by atoms with E-state index in [2.05, 4.69) is 10.6 Å². The van der Waals surface area contributed by atoms with E-state index in [4.69, 9.17) is 9.47 Å². The number of carbonyl (C=O) groups excluding carboxylic acids is 3. The van der Waals surface area contributed by atoms with Gasteiger partial charge in [0.2, 0.25) is 5.91 Å². The van der Waals surface area contributed by atoms with Gasteiger partial charge in [-0.15, -0.1) is 0 Å². The number of methoxy groups -OCH3 is 1. The van der Waals surface area contributed by atoms with E-state index in [-0.39, 0.29) is 24.1 Å². The summed E-state index contributed by atoms with van der Waals surface area (Å²) in [6.45, 7) is 3.59. The number of carbonyl (C=O) groups is 3. The Morgan fingerprint density at radius 2 is 1.83 bits per heavy atom. The maximum atomic E-state index is 12.7. The average molecular weight is 411 g/mol. The van der Waals surface area contributed by atoms with Crippen molar-refractivity contribution in [3.8, 4) is 5.75 Å². The first-order valence-corrected chi connectivity index (χ1v) is 9.67. The van der Waals surface area contributed by atoms with Crippen molar-refractivity contribution in [2.45, 2.75) is 6.92 Å². The Bertz CT molecular complexity index is 938. The molecule has 8 nitrogen and oxygen atoms in total. The third kappa shape index (κ3) is 5.36. The van der Waals surface area contributed by atoms with Gasteiger partial charge in [0.05, 0.1) is 32.6 Å². The SMILES string of the molecule is COc1ccc(C(=O)N2CCOCC2)cc1NCC(=O)Nc1cccc(C(C)=O)c1. The number of nitrogens with one attached hydrogen (secondary N) is 2. The quantitative estimate of drug-likeness (QED) is 0.680. The van der Waals surface area contributed by atoms with Gasteiger partial charge in [-0.25, -0.2) is 0 Å². The Balaban J connectivity index is 1.66. The van der Waals surface area contributed by atoms with Crippen molar-refractivity contribution in [3.05, 3.63) is 53.6 Å². The molecular weight excluding hydrogens is 386 g/mol. The van der Waals surface area contributed by atoms with Crippen molar-refractivity contribution in [2.24, 2.45) is 0 Å². The van der Waals surface area contributed by atoms with Crippen molar-refractivity contribution < 1.29 is 23.9 Å². The number of ketones is 1. The highest BCUT2D eigenvalue weighted by molar-refractivity contribution is 5.98. The molecule has 0 saturated carbocycles. The minimum Gasteiger partial charge on any atom is -0.495 e. The van der Waals surface area contributed by atoms with Gasteiger partial charge in [0.25, 0.3) is 5.91 Å². The van der Waals surface area contributed by atoms with Gasteiger partial charge in [-0.3, -0.25) is 14.4 Å². The van der Waals surface area contributed by atoms with Crippen molar-refractivity contribution in [2.75, 3.05) is 50.6 Å². The molecule has 0 aliphatic carbocycles. The number of Topliss-reactive ketones (excluding diaryl/α,β-unsaturated/α-hetero) is 1. The molecule has 8 heteroatoms. The average Bonchev–Trinajstić information content (AvgIpc) is 2.77. The molecule has 0 spiro atoms. The lowest BCUT2D eigenvalue weighted by Crippen LogP contribution is -2.40. The van der Waals surface area contributed by atoms with Gasteiger partial charge >= 0.3 is 0 Å². The van der Waals surface area contributed by atoms with Gasteiger partial charge in [-0.1, -0.05) is 12.1 Å². The molecule has 0 bridgehead atoms. The van der Waals surface area contributed by atoms with Crippen LogP contribution in [-0.2, 0) is 9.53 Å². The summed E-state index contributed by atoms with van der Waals surface area (Å²) in [6, 6.07) is 11.8. The Hall–Kier alpha value is -3.39. The fraction of sp³-hybridized carbons (Fsp3) is 0.318. The zero-order valence-electron chi connectivity index (χ0n) is 17.1. The molecule has 30 heavy (non-hydrogen) atoms. The molecule has 1 fully saturated rings. The molecule has 1 saturated heterocycles. The summed E-state index contributed by atoms with van der Waals surface area (Å²) in [5, 5.41) is 5.77. The smallest absolute Gasteiger partial charge is 0.254 e. The minimum absolute atomic E-state index is 0.0319. The van der Waals surface area contributed by atoms with Crippen molar-refractivity contribution in [1.29, 1.82) is 0 Å². The number of nitrogens with zero attached hydrogens (tertiary/aromatic N) is 1. The van der Waals surface area contributed by atoms with E-state index in [1.54, 1.807) is 47.4 Å². The molecule has 0 unspecified atom stereocenters. The summed E-state index contributed by atoms with van der Waals surface area (Å²) in [5.41, 5.74) is 2.12. The summed E-state index contributed by atoms with van der Waals surface area (Å²) in [6.07, 6.45) is 0. The van der Waals surface area contributed by atoms with Crippen LogP contribution in [0.1, 0.15) is 27.6 Å². The number of morpholine rings is 1. The molecular formula is C22H25N3O5. The highest BCUT2D eigenvalue weighted by Crippen LogP contribution is 2.26. The van der Waals surface area contributed by atoms with E-state index >= 15 is 0 Å². The molecule has 1 heterocycles. The minimum atomic E-state index is -0.289. The molecule has 0 radical (unpaired) electrons. The lowest BCUT2D eigenvalue weighted by atomic mass is 10.1. The first kappa shape index (κ1) is 21.3. The number of rotatable bonds is 7. The lowest BCUT2D eigenvalue weighted by molar-refractivity contribution is -0.114. The zero-order chi connectivity index (χ0) is 21.5. The van der Waals surface area contributed by atoms with Crippen molar-refractivity contribution in [1.82, 2.24) is 4.90 Å². The second-order valence-electron chi connectivity index (χ2n) is 6.86. The number of amides is 2. The summed E-state index contributed by atoms with van der Waals surface area (Å²) in [5.74, 6) is 0.0766. The molecule has 2 aromatic carbocycles. The molecule has 0 atom stereocenters. The summed E-state index contributed by atoms with van der Waals surface area (Å²) < 4.78 is 10.6. The largest absolute Gasteiger partial charge is 0.495 e. The standard InChI is InChI=1S/C22H25N3O5/c1-15(26)16-4-3-5-18(12-16)24-21(27)14-23-19-13-17(6-7-20(19)29-2)22(28)25-8-10-30-11-9-25/h3-7,12-13,23H,8-11,14H2,1-2H3,(H,24,27). The van der Waals surface area contributed by atoms with Crippen LogP contribution in [0.4, 0.5) is 11.4 Å². The van der Waals surface area contributed by atoms with Gasteiger partial charge in [0.15, 0.2) is 5.78 Å². The monoisotopic (exact) mass is 411 g/mol. The first-order chi connectivity index (χ1) is 14.5. The van der Waals surface area contributed by atoms with Crippen LogP contribution in [0.5, 0.6) is 5.75 Å². The summed E-state index contributed by atoms with van der Waals surface area (Å²) in [7, 11) is 1.53. The maximum absolute atomic E-state index is 12.7. The fourth-order valence-electron chi connectivity index (χ4n) is 3.12. The Kier molecular flexibility index (Phi) is 7.03. The fourth-order valence-corrected chi connectivity index (χ4v) is 3.12. The molecule has 2 N–H and O–H groups in total. The van der Waals surface area contributed by atoms with Crippen LogP contribution >= 0.6 is 0 Å². The summed E-state index contributed by atoms with van der Waals surface area (Å²) >= 11 is 0. The van der Waals surface area contributed by atoms with Crippen LogP contribution < -0.4 is 15.4 Å². The van der Waals surface area contributed by atoms with Crippen LogP contribution in [0.2, 0.25) is 0 Å². The molecule has 1 aliphatic rings. The predicted molar refractivity (Wildman–Crippen MR) is 113 cm³/mol. The number of hydrogen-bond donors (Lipinski definition) is 2. The van der Waals surface area contributed by atoms with E-state index in [9.17, 15) is 14.4 Å². The number of ether oxygens (including phenoxy) is 2. The van der Waals surface area contributed by atoms with Gasteiger partial charge in [-0.05, 0) is 37.3 Å². The molecule has 2 amide bonds. The topological polar surface area (TPSA) is 97.0 Å². The molecule has 3 rings (SSSR count). The van der Waals surface area contributed by atoms with Crippen molar-refractivity contribution in [3.63, 3.8) is 0 Å². The number of hydrogen-bond acceptors (Lipinski definition) is 6. The van der Waals surface area contributed by atoms with Gasteiger partial charge in [0, 0.05) is 29.9 Å². The highest BCUT2D eigenvalue weighted by Gasteiger charge is 2.20. The van der Waals surface area contributed by atoms with Gasteiger partial charge < -0.3 is 25.0 Å². The Morgan fingerprint density at radius 3 is 2.53 bits per heavy atom. The van der Waals surface area contributed by atoms with Crippen LogP contribution in [0.3, 0.4) is 0 Å². The summed E-state index contributed by atoms with van der Waals surface area (Å²) in [4.78, 5) is 38.3. The molecule has 0 aromatic heterocycles. The van der Waals surface area contributed by atoms with Crippen LogP contribution in [0.25, 0.3) is 0 Å². The van der Waals surface area contributed by atoms with Crippen LogP contribution in [0.15, 0.2) is 42.5 Å². The number of anilines is 2. The van der Waals surface area contributed by atoms with Gasteiger partial charge in [0.1, 0.15) is 5.75 Å². The van der Waals surface area contributed by atoms with E-state index in [1.165, 1.54) is 14.0 Å². The number of benzene rings is 2. The predicted octanol–water partition coefficient (Wildman–Crippen LogP) is 2.42. The Morgan fingerprint density at radius 1 is 1.07 bits per heavy atom. The molecule has 1 aliphatic heterocycles. The second-order valence-corrected chi connectivity index (χ2v) is 6.86. The third-order valence-corrected chi connectivity index (χ3v) is 4.74. The lowest BCUT2D eigenvalue weighted by Gasteiger charge is -2.27. The Labute approximate surface area is 175 Å². The van der Waals surface area contributed by atoms with Crippen LogP contribution in [-0.4, -0.2) is 62.5 Å². The van der Waals surface area contributed by atoms with Gasteiger partial charge in [-0.2, -0.15) is 0 Å². The van der Waals surface area contributed by atoms with E-state index in [0.717, 1.165) is 0 Å². The molecule has 2 aromatic rings. The highest BCUT2D eigenvalue weighted by atomic mass is 16.5. The normalized spacial score (nSPS) is 13.5. The second kappa shape index (κ2) is 9.89. The first-order valence-electron chi connectivity index (χ1n) is 9.67. The third-order valence-electron chi connectivity index (χ3n) is 4.74. The van der Waals surface area contributed by atoms with E-state index in [0.29, 0.717) is 54.6 Å². The van der Waals surface area contributed by atoms with Crippen LogP contribution in [0, 0.1) is 0 Å². The van der Waals surface area contributed by atoms with E-state index in [1.807, 2.05) is 0 Å². The van der Waals surface area contributed by atoms with E-state index < -0.39 is 0 Å².